The van der Waals surface area contributed by atoms with Gasteiger partial charge in [-0.05, 0) is 24.3 Å². The van der Waals surface area contributed by atoms with Crippen LogP contribution in [0.2, 0.25) is 0 Å². The van der Waals surface area contributed by atoms with Crippen LogP contribution in [0.4, 0.5) is 21.5 Å². The summed E-state index contributed by atoms with van der Waals surface area (Å²) < 4.78 is 13.8. The number of hydrogen-bond donors (Lipinski definition) is 0. The average molecular weight is 259 g/mol. The molecule has 2 aromatic carbocycles. The van der Waals surface area contributed by atoms with Crippen LogP contribution >= 0.6 is 0 Å². The molecule has 1 aliphatic heterocycles. The molecule has 0 saturated carbocycles. The number of fused-ring (bicyclic) bond motifs is 1. The summed E-state index contributed by atoms with van der Waals surface area (Å²) in [4.78, 5) is 12.6. The standard InChI is InChI=1S/C13H10FN3O2/c14-10-5-1-2-6-11(10)15-9-16(17(18)19)13-8-4-3-7-12(13)15/h1-8H,9H2. The van der Waals surface area contributed by atoms with E-state index in [9.17, 15) is 14.5 Å². The molecule has 96 valence electrons. The monoisotopic (exact) mass is 259 g/mol. The van der Waals surface area contributed by atoms with E-state index in [1.54, 1.807) is 47.4 Å². The second kappa shape index (κ2) is 4.24. The fraction of sp³-hybridized carbons (Fsp3) is 0.0769. The number of anilines is 3. The quantitative estimate of drug-likeness (QED) is 0.614. The van der Waals surface area contributed by atoms with Crippen molar-refractivity contribution in [2.75, 3.05) is 16.6 Å². The van der Waals surface area contributed by atoms with E-state index >= 15 is 0 Å². The Morgan fingerprint density at radius 3 is 2.21 bits per heavy atom. The molecule has 0 N–H and O–H groups in total. The summed E-state index contributed by atoms with van der Waals surface area (Å²) >= 11 is 0. The van der Waals surface area contributed by atoms with Crippen molar-refractivity contribution in [3.8, 4) is 0 Å². The van der Waals surface area contributed by atoms with Crippen molar-refractivity contribution in [3.63, 3.8) is 0 Å². The lowest BCUT2D eigenvalue weighted by atomic mass is 10.2. The van der Waals surface area contributed by atoms with Gasteiger partial charge in [0.25, 0.3) is 0 Å². The minimum Gasteiger partial charge on any atom is -0.313 e. The Labute approximate surface area is 108 Å². The van der Waals surface area contributed by atoms with Gasteiger partial charge < -0.3 is 4.90 Å². The van der Waals surface area contributed by atoms with E-state index in [2.05, 4.69) is 0 Å². The van der Waals surface area contributed by atoms with Crippen LogP contribution in [-0.2, 0) is 0 Å². The first-order chi connectivity index (χ1) is 9.18. The largest absolute Gasteiger partial charge is 0.313 e. The molecule has 0 unspecified atom stereocenters. The predicted octanol–water partition coefficient (Wildman–Crippen LogP) is 2.93. The summed E-state index contributed by atoms with van der Waals surface area (Å²) in [7, 11) is 0. The number of para-hydroxylation sites is 3. The molecule has 1 heterocycles. The number of hydrazine groups is 1. The van der Waals surface area contributed by atoms with Crippen molar-refractivity contribution in [2.24, 2.45) is 0 Å². The fourth-order valence-corrected chi connectivity index (χ4v) is 2.21. The SMILES string of the molecule is O=[N+]([O-])N1CN(c2ccccc2F)c2ccccc21. The average Bonchev–Trinajstić information content (AvgIpc) is 2.79. The van der Waals surface area contributed by atoms with Gasteiger partial charge in [-0.3, -0.25) is 0 Å². The summed E-state index contributed by atoms with van der Waals surface area (Å²) in [6.45, 7) is -0.00667. The molecule has 0 spiro atoms. The first kappa shape index (κ1) is 11.5. The highest BCUT2D eigenvalue weighted by Crippen LogP contribution is 2.40. The zero-order chi connectivity index (χ0) is 13.4. The molecule has 0 amide bonds. The van der Waals surface area contributed by atoms with E-state index in [0.717, 1.165) is 5.01 Å². The molecule has 0 saturated heterocycles. The summed E-state index contributed by atoms with van der Waals surface area (Å²) in [6, 6.07) is 13.1. The van der Waals surface area contributed by atoms with Crippen LogP contribution < -0.4 is 9.91 Å². The summed E-state index contributed by atoms with van der Waals surface area (Å²) in [5, 5.41) is 11.6. The molecule has 1 aliphatic rings. The van der Waals surface area contributed by atoms with Gasteiger partial charge in [-0.15, -0.1) is 0 Å². The third kappa shape index (κ3) is 1.77. The fourth-order valence-electron chi connectivity index (χ4n) is 2.21. The van der Waals surface area contributed by atoms with E-state index < -0.39 is 10.8 Å². The van der Waals surface area contributed by atoms with Gasteiger partial charge in [-0.25, -0.2) is 14.5 Å². The van der Waals surface area contributed by atoms with Crippen LogP contribution in [0.1, 0.15) is 0 Å². The van der Waals surface area contributed by atoms with E-state index in [0.29, 0.717) is 17.1 Å². The molecule has 0 fully saturated rings. The predicted molar refractivity (Wildman–Crippen MR) is 69.3 cm³/mol. The van der Waals surface area contributed by atoms with Crippen LogP contribution in [-0.4, -0.2) is 11.7 Å². The van der Waals surface area contributed by atoms with Gasteiger partial charge in [-0.2, -0.15) is 0 Å². The zero-order valence-corrected chi connectivity index (χ0v) is 9.86. The Balaban J connectivity index is 2.11. The van der Waals surface area contributed by atoms with Crippen molar-refractivity contribution in [1.82, 2.24) is 0 Å². The zero-order valence-electron chi connectivity index (χ0n) is 9.86. The molecule has 19 heavy (non-hydrogen) atoms. The lowest BCUT2D eigenvalue weighted by Gasteiger charge is -2.18. The third-order valence-corrected chi connectivity index (χ3v) is 3.07. The summed E-state index contributed by atoms with van der Waals surface area (Å²) in [5.41, 5.74) is 1.43. The van der Waals surface area contributed by atoms with Crippen LogP contribution in [0, 0.1) is 15.9 Å². The summed E-state index contributed by atoms with van der Waals surface area (Å²) in [5.74, 6) is -0.400. The molecule has 0 bridgehead atoms. The highest BCUT2D eigenvalue weighted by molar-refractivity contribution is 5.81. The second-order valence-electron chi connectivity index (χ2n) is 4.15. The number of hydrogen-bond acceptors (Lipinski definition) is 3. The smallest absolute Gasteiger partial charge is 0.167 e. The molecule has 6 heteroatoms. The molecule has 5 nitrogen and oxygen atoms in total. The Kier molecular flexibility index (Phi) is 2.56. The van der Waals surface area contributed by atoms with Crippen molar-refractivity contribution >= 4 is 17.1 Å². The highest BCUT2D eigenvalue weighted by Gasteiger charge is 2.34. The normalized spacial score (nSPS) is 13.5. The van der Waals surface area contributed by atoms with Gasteiger partial charge in [-0.1, -0.05) is 29.3 Å². The molecule has 2 aromatic rings. The van der Waals surface area contributed by atoms with Crippen LogP contribution in [0.15, 0.2) is 48.5 Å². The number of benzene rings is 2. The number of nitrogens with zero attached hydrogens (tertiary/aromatic N) is 3. The maximum Gasteiger partial charge on any atom is 0.167 e. The molecule has 0 radical (unpaired) electrons. The van der Waals surface area contributed by atoms with Crippen molar-refractivity contribution in [2.45, 2.75) is 0 Å². The van der Waals surface area contributed by atoms with E-state index in [1.807, 2.05) is 0 Å². The van der Waals surface area contributed by atoms with Crippen molar-refractivity contribution in [3.05, 3.63) is 64.5 Å². The van der Waals surface area contributed by atoms with E-state index in [-0.39, 0.29) is 6.67 Å². The topological polar surface area (TPSA) is 49.6 Å². The molecule has 3 rings (SSSR count). The van der Waals surface area contributed by atoms with Crippen molar-refractivity contribution < 1.29 is 9.42 Å². The number of rotatable bonds is 2. The highest BCUT2D eigenvalue weighted by atomic mass is 19.1. The van der Waals surface area contributed by atoms with Gasteiger partial charge in [0.05, 0.1) is 11.4 Å². The van der Waals surface area contributed by atoms with E-state index in [1.165, 1.54) is 6.07 Å². The lowest BCUT2D eigenvalue weighted by molar-refractivity contribution is -0.493. The van der Waals surface area contributed by atoms with Gasteiger partial charge in [0.15, 0.2) is 11.7 Å². The number of nitro groups is 1. The minimum absolute atomic E-state index is 0.00667. The Morgan fingerprint density at radius 2 is 1.58 bits per heavy atom. The first-order valence-corrected chi connectivity index (χ1v) is 5.71. The minimum atomic E-state index is -0.486. The Bertz CT molecular complexity index is 647. The first-order valence-electron chi connectivity index (χ1n) is 5.71. The van der Waals surface area contributed by atoms with Gasteiger partial charge in [0.2, 0.25) is 0 Å². The van der Waals surface area contributed by atoms with Gasteiger partial charge in [0, 0.05) is 0 Å². The second-order valence-corrected chi connectivity index (χ2v) is 4.15. The van der Waals surface area contributed by atoms with E-state index in [4.69, 9.17) is 0 Å². The maximum atomic E-state index is 13.8. The third-order valence-electron chi connectivity index (χ3n) is 3.07. The molecule has 0 atom stereocenters. The lowest BCUT2D eigenvalue weighted by Crippen LogP contribution is -2.33. The molecule has 0 aromatic heterocycles. The van der Waals surface area contributed by atoms with Crippen LogP contribution in [0.5, 0.6) is 0 Å². The maximum absolute atomic E-state index is 13.8. The molecule has 0 aliphatic carbocycles. The van der Waals surface area contributed by atoms with Gasteiger partial charge in [0.1, 0.15) is 11.5 Å². The van der Waals surface area contributed by atoms with Crippen molar-refractivity contribution in [1.29, 1.82) is 0 Å². The molecular formula is C13H10FN3O2. The van der Waals surface area contributed by atoms with Gasteiger partial charge >= 0.3 is 0 Å². The Hall–Kier alpha value is -2.63. The Morgan fingerprint density at radius 1 is 1.00 bits per heavy atom. The summed E-state index contributed by atoms with van der Waals surface area (Å²) in [6.07, 6.45) is 0. The van der Waals surface area contributed by atoms with Crippen LogP contribution in [0.3, 0.4) is 0 Å². The number of halogens is 1. The molecular weight excluding hydrogens is 249 g/mol. The van der Waals surface area contributed by atoms with Crippen LogP contribution in [0.25, 0.3) is 0 Å².